The van der Waals surface area contributed by atoms with Crippen LogP contribution in [0.15, 0.2) is 48.5 Å². The van der Waals surface area contributed by atoms with E-state index < -0.39 is 0 Å². The van der Waals surface area contributed by atoms with Crippen molar-refractivity contribution in [2.45, 2.75) is 65.3 Å². The molecule has 0 saturated carbocycles. The Kier molecular flexibility index (Phi) is 6.79. The Hall–Kier alpha value is -3.19. The molecule has 0 aliphatic carbocycles. The lowest BCUT2D eigenvalue weighted by atomic mass is 9.90. The van der Waals surface area contributed by atoms with Gasteiger partial charge < -0.3 is 19.9 Å². The van der Waals surface area contributed by atoms with Gasteiger partial charge in [-0.15, -0.1) is 0 Å². The third kappa shape index (κ3) is 5.42. The summed E-state index contributed by atoms with van der Waals surface area (Å²) in [5.41, 5.74) is 3.62. The van der Waals surface area contributed by atoms with E-state index in [1.165, 1.54) is 0 Å². The standard InChI is InChI=1S/C26H32N4O3/c1-16(2)24-13-21(28-18(4)31)14-25(33-24)19-9-11-20(12-10-19)29-26(32)15-30-17(3)27-22-7-5-6-8-23(22)30/h5-12,16,21,24-25H,13-15H2,1-4H3,(H,28,31)(H,29,32)/t21-,24-,25+/m1/s1. The van der Waals surface area contributed by atoms with E-state index >= 15 is 0 Å². The van der Waals surface area contributed by atoms with E-state index in [0.29, 0.717) is 5.92 Å². The zero-order valence-electron chi connectivity index (χ0n) is 19.7. The van der Waals surface area contributed by atoms with Crippen molar-refractivity contribution in [3.63, 3.8) is 0 Å². The number of carbonyl (C=O) groups is 2. The normalized spacial score (nSPS) is 20.7. The SMILES string of the molecule is CC(=O)N[C@H]1C[C@@H](c2ccc(NC(=O)Cn3c(C)nc4ccccc43)cc2)O[C@@H](C(C)C)C1. The molecule has 3 aromatic rings. The van der Waals surface area contributed by atoms with Crippen LogP contribution in [0.25, 0.3) is 11.0 Å². The Balaban J connectivity index is 1.42. The predicted octanol–water partition coefficient (Wildman–Crippen LogP) is 4.36. The number of hydrogen-bond acceptors (Lipinski definition) is 4. The maximum absolute atomic E-state index is 12.7. The Morgan fingerprint density at radius 2 is 1.85 bits per heavy atom. The Labute approximate surface area is 194 Å². The van der Waals surface area contributed by atoms with E-state index in [1.54, 1.807) is 6.92 Å². The van der Waals surface area contributed by atoms with Crippen LogP contribution in [0, 0.1) is 12.8 Å². The largest absolute Gasteiger partial charge is 0.370 e. The van der Waals surface area contributed by atoms with Gasteiger partial charge >= 0.3 is 0 Å². The van der Waals surface area contributed by atoms with Gasteiger partial charge in [-0.05, 0) is 55.5 Å². The average Bonchev–Trinajstić information content (AvgIpc) is 3.08. The van der Waals surface area contributed by atoms with Crippen molar-refractivity contribution in [1.82, 2.24) is 14.9 Å². The first kappa shape index (κ1) is 23.0. The van der Waals surface area contributed by atoms with Crippen molar-refractivity contribution in [2.24, 2.45) is 5.92 Å². The van der Waals surface area contributed by atoms with Crippen LogP contribution >= 0.6 is 0 Å². The van der Waals surface area contributed by atoms with E-state index in [9.17, 15) is 9.59 Å². The zero-order chi connectivity index (χ0) is 23.5. The van der Waals surface area contributed by atoms with Crippen molar-refractivity contribution >= 4 is 28.5 Å². The molecule has 4 rings (SSSR count). The van der Waals surface area contributed by atoms with Gasteiger partial charge in [0.15, 0.2) is 0 Å². The van der Waals surface area contributed by atoms with Gasteiger partial charge in [-0.1, -0.05) is 38.1 Å². The smallest absolute Gasteiger partial charge is 0.244 e. The van der Waals surface area contributed by atoms with Gasteiger partial charge in [0, 0.05) is 18.7 Å². The van der Waals surface area contributed by atoms with Gasteiger partial charge in [0.2, 0.25) is 11.8 Å². The van der Waals surface area contributed by atoms with Crippen molar-refractivity contribution in [1.29, 1.82) is 0 Å². The number of rotatable bonds is 6. The number of benzene rings is 2. The number of amides is 2. The number of hydrogen-bond donors (Lipinski definition) is 2. The molecular weight excluding hydrogens is 416 g/mol. The Morgan fingerprint density at radius 3 is 2.55 bits per heavy atom. The van der Waals surface area contributed by atoms with Gasteiger partial charge in [-0.2, -0.15) is 0 Å². The molecule has 1 aromatic heterocycles. The zero-order valence-corrected chi connectivity index (χ0v) is 19.7. The average molecular weight is 449 g/mol. The number of ether oxygens (including phenoxy) is 1. The molecule has 1 saturated heterocycles. The molecule has 3 atom stereocenters. The lowest BCUT2D eigenvalue weighted by molar-refractivity contribution is -0.123. The van der Waals surface area contributed by atoms with Crippen molar-refractivity contribution < 1.29 is 14.3 Å². The molecule has 2 heterocycles. The fourth-order valence-electron chi connectivity index (χ4n) is 4.53. The number of anilines is 1. The van der Waals surface area contributed by atoms with Gasteiger partial charge in [-0.25, -0.2) is 4.98 Å². The van der Waals surface area contributed by atoms with E-state index in [0.717, 1.165) is 41.0 Å². The van der Waals surface area contributed by atoms with Crippen LogP contribution in [0.2, 0.25) is 0 Å². The van der Waals surface area contributed by atoms with Gasteiger partial charge in [0.05, 0.1) is 23.2 Å². The van der Waals surface area contributed by atoms with Gasteiger partial charge in [-0.3, -0.25) is 9.59 Å². The summed E-state index contributed by atoms with van der Waals surface area (Å²) in [7, 11) is 0. The molecule has 174 valence electrons. The second-order valence-corrected chi connectivity index (χ2v) is 9.18. The molecule has 7 nitrogen and oxygen atoms in total. The van der Waals surface area contributed by atoms with Crippen LogP contribution in [0.3, 0.4) is 0 Å². The summed E-state index contributed by atoms with van der Waals surface area (Å²) < 4.78 is 8.26. The summed E-state index contributed by atoms with van der Waals surface area (Å²) in [6, 6.07) is 15.7. The molecule has 0 bridgehead atoms. The monoisotopic (exact) mass is 448 g/mol. The third-order valence-corrected chi connectivity index (χ3v) is 6.22. The molecule has 2 N–H and O–H groups in total. The van der Waals surface area contributed by atoms with E-state index in [2.05, 4.69) is 29.5 Å². The molecule has 1 aliphatic rings. The Bertz CT molecular complexity index is 1140. The van der Waals surface area contributed by atoms with E-state index in [-0.39, 0.29) is 36.6 Å². The second kappa shape index (κ2) is 9.75. The summed E-state index contributed by atoms with van der Waals surface area (Å²) in [5.74, 6) is 1.06. The highest BCUT2D eigenvalue weighted by atomic mass is 16.5. The summed E-state index contributed by atoms with van der Waals surface area (Å²) >= 11 is 0. The molecule has 1 fully saturated rings. The number of fused-ring (bicyclic) bond motifs is 1. The maximum atomic E-state index is 12.7. The highest BCUT2D eigenvalue weighted by Crippen LogP contribution is 2.34. The minimum Gasteiger partial charge on any atom is -0.370 e. The number of imidazole rings is 1. The van der Waals surface area contributed by atoms with Gasteiger partial charge in [0.25, 0.3) is 0 Å². The number of carbonyl (C=O) groups excluding carboxylic acids is 2. The molecule has 2 aromatic carbocycles. The van der Waals surface area contributed by atoms with Crippen molar-refractivity contribution in [3.05, 3.63) is 59.9 Å². The molecule has 7 heteroatoms. The first-order valence-electron chi connectivity index (χ1n) is 11.5. The van der Waals surface area contributed by atoms with Crippen LogP contribution in [-0.4, -0.2) is 33.5 Å². The quantitative estimate of drug-likeness (QED) is 0.587. The van der Waals surface area contributed by atoms with Crippen LogP contribution in [-0.2, 0) is 20.9 Å². The van der Waals surface area contributed by atoms with Crippen LogP contribution in [0.4, 0.5) is 5.69 Å². The molecule has 0 unspecified atom stereocenters. The third-order valence-electron chi connectivity index (χ3n) is 6.22. The lowest BCUT2D eigenvalue weighted by Gasteiger charge is -2.37. The summed E-state index contributed by atoms with van der Waals surface area (Å²) in [5, 5.41) is 6.04. The number of nitrogens with zero attached hydrogens (tertiary/aromatic N) is 2. The number of para-hydroxylation sites is 2. The highest BCUT2D eigenvalue weighted by Gasteiger charge is 2.32. The topological polar surface area (TPSA) is 85.3 Å². The van der Waals surface area contributed by atoms with E-state index in [1.807, 2.05) is 60.0 Å². The molecule has 0 spiro atoms. The highest BCUT2D eigenvalue weighted by molar-refractivity contribution is 5.91. The van der Waals surface area contributed by atoms with Crippen LogP contribution < -0.4 is 10.6 Å². The van der Waals surface area contributed by atoms with Crippen LogP contribution in [0.1, 0.15) is 51.1 Å². The first-order chi connectivity index (χ1) is 15.8. The minimum atomic E-state index is -0.103. The second-order valence-electron chi connectivity index (χ2n) is 9.18. The molecular formula is C26H32N4O3. The van der Waals surface area contributed by atoms with Crippen molar-refractivity contribution in [3.8, 4) is 0 Å². The Morgan fingerprint density at radius 1 is 1.12 bits per heavy atom. The van der Waals surface area contributed by atoms with Crippen molar-refractivity contribution in [2.75, 3.05) is 5.32 Å². The summed E-state index contributed by atoms with van der Waals surface area (Å²) in [6.45, 7) is 7.95. The lowest BCUT2D eigenvalue weighted by Crippen LogP contribution is -2.43. The molecule has 2 amide bonds. The summed E-state index contributed by atoms with van der Waals surface area (Å²) in [4.78, 5) is 28.8. The minimum absolute atomic E-state index is 0.0119. The molecule has 1 aliphatic heterocycles. The fraction of sp³-hybridized carbons (Fsp3) is 0.423. The van der Waals surface area contributed by atoms with Gasteiger partial charge in [0.1, 0.15) is 12.4 Å². The molecule has 33 heavy (non-hydrogen) atoms. The number of aryl methyl sites for hydroxylation is 1. The predicted molar refractivity (Wildman–Crippen MR) is 129 cm³/mol. The number of aromatic nitrogens is 2. The molecule has 0 radical (unpaired) electrons. The first-order valence-corrected chi connectivity index (χ1v) is 11.5. The van der Waals surface area contributed by atoms with Crippen LogP contribution in [0.5, 0.6) is 0 Å². The maximum Gasteiger partial charge on any atom is 0.244 e. The fourth-order valence-corrected chi connectivity index (χ4v) is 4.53. The van der Waals surface area contributed by atoms with E-state index in [4.69, 9.17) is 4.74 Å². The number of nitrogens with one attached hydrogen (secondary N) is 2. The summed E-state index contributed by atoms with van der Waals surface area (Å²) in [6.07, 6.45) is 1.56.